The molecule has 0 spiro atoms. The van der Waals surface area contributed by atoms with E-state index in [2.05, 4.69) is 25.2 Å². The molecule has 3 heteroatoms. The minimum absolute atomic E-state index is 0.316. The van der Waals surface area contributed by atoms with Crippen LogP contribution in [-0.2, 0) is 4.74 Å². The van der Waals surface area contributed by atoms with E-state index in [-0.39, 0.29) is 5.54 Å². The fourth-order valence-corrected chi connectivity index (χ4v) is 3.21. The fourth-order valence-electron chi connectivity index (χ4n) is 3.21. The van der Waals surface area contributed by atoms with Crippen molar-refractivity contribution in [1.82, 2.24) is 5.32 Å². The number of hydrogen-bond donors (Lipinski definition) is 1. The molecule has 4 unspecified atom stereocenters. The summed E-state index contributed by atoms with van der Waals surface area (Å²) >= 11 is 0. The van der Waals surface area contributed by atoms with Crippen LogP contribution in [0.15, 0.2) is 0 Å². The lowest BCUT2D eigenvalue weighted by Gasteiger charge is -2.42. The Balaban J connectivity index is 1.95. The molecule has 1 heterocycles. The lowest BCUT2D eigenvalue weighted by molar-refractivity contribution is 0.0856. The Bertz CT molecular complexity index is 293. The highest BCUT2D eigenvalue weighted by molar-refractivity contribution is 5.13. The van der Waals surface area contributed by atoms with Gasteiger partial charge in [0.25, 0.3) is 0 Å². The van der Waals surface area contributed by atoms with Crippen molar-refractivity contribution >= 4 is 0 Å². The van der Waals surface area contributed by atoms with Gasteiger partial charge in [0, 0.05) is 13.2 Å². The molecule has 0 aromatic carbocycles. The molecule has 0 aromatic rings. The summed E-state index contributed by atoms with van der Waals surface area (Å²) in [6, 6.07) is 2.55. The predicted molar refractivity (Wildman–Crippen MR) is 67.5 cm³/mol. The van der Waals surface area contributed by atoms with Gasteiger partial charge >= 0.3 is 0 Å². The van der Waals surface area contributed by atoms with Gasteiger partial charge < -0.3 is 4.74 Å². The highest BCUT2D eigenvalue weighted by Gasteiger charge is 2.41. The van der Waals surface area contributed by atoms with E-state index in [1.54, 1.807) is 0 Å². The monoisotopic (exact) mass is 236 g/mol. The van der Waals surface area contributed by atoms with Crippen molar-refractivity contribution in [2.75, 3.05) is 13.2 Å². The Morgan fingerprint density at radius 3 is 2.82 bits per heavy atom. The van der Waals surface area contributed by atoms with Crippen molar-refractivity contribution < 1.29 is 4.74 Å². The lowest BCUT2D eigenvalue weighted by atomic mass is 9.69. The second-order valence-electron chi connectivity index (χ2n) is 5.76. The molecule has 0 radical (unpaired) electrons. The summed E-state index contributed by atoms with van der Waals surface area (Å²) in [7, 11) is 0. The summed E-state index contributed by atoms with van der Waals surface area (Å²) in [6.45, 7) is 6.21. The molecule has 0 bridgehead atoms. The van der Waals surface area contributed by atoms with Crippen molar-refractivity contribution in [3.63, 3.8) is 0 Å². The summed E-state index contributed by atoms with van der Waals surface area (Å²) in [5.41, 5.74) is -0.316. The minimum Gasteiger partial charge on any atom is -0.377 e. The Hall–Kier alpha value is -0.590. The molecule has 1 aliphatic heterocycles. The Kier molecular flexibility index (Phi) is 4.06. The number of ether oxygens (including phenoxy) is 1. The smallest absolute Gasteiger partial charge is 0.109 e. The maximum absolute atomic E-state index is 9.55. The van der Waals surface area contributed by atoms with Crippen molar-refractivity contribution in [2.24, 2.45) is 11.8 Å². The predicted octanol–water partition coefficient (Wildman–Crippen LogP) is 2.47. The van der Waals surface area contributed by atoms with E-state index in [9.17, 15) is 5.26 Å². The zero-order chi connectivity index (χ0) is 12.3. The van der Waals surface area contributed by atoms with E-state index in [1.807, 2.05) is 0 Å². The molecular weight excluding hydrogens is 212 g/mol. The van der Waals surface area contributed by atoms with Crippen LogP contribution in [0.5, 0.6) is 0 Å². The van der Waals surface area contributed by atoms with Crippen molar-refractivity contribution in [3.8, 4) is 6.07 Å². The Morgan fingerprint density at radius 2 is 2.18 bits per heavy atom. The quantitative estimate of drug-likeness (QED) is 0.818. The Morgan fingerprint density at radius 1 is 1.35 bits per heavy atom. The van der Waals surface area contributed by atoms with Gasteiger partial charge in [0.15, 0.2) is 0 Å². The highest BCUT2D eigenvalue weighted by atomic mass is 16.5. The largest absolute Gasteiger partial charge is 0.377 e. The van der Waals surface area contributed by atoms with Crippen LogP contribution < -0.4 is 5.32 Å². The van der Waals surface area contributed by atoms with Gasteiger partial charge in [-0.3, -0.25) is 5.32 Å². The second-order valence-corrected chi connectivity index (χ2v) is 5.76. The molecule has 17 heavy (non-hydrogen) atoms. The topological polar surface area (TPSA) is 45.0 Å². The van der Waals surface area contributed by atoms with Gasteiger partial charge in [0.2, 0.25) is 0 Å². The standard InChI is InChI=1S/C14H24N2O/c1-11-5-3-7-14(10-15,12(11)2)16-9-13-6-4-8-17-13/h11-13,16H,3-9H2,1-2H3. The van der Waals surface area contributed by atoms with Crippen molar-refractivity contribution in [1.29, 1.82) is 5.26 Å². The van der Waals surface area contributed by atoms with E-state index in [0.29, 0.717) is 17.9 Å². The van der Waals surface area contributed by atoms with Gasteiger partial charge in [-0.15, -0.1) is 0 Å². The van der Waals surface area contributed by atoms with Gasteiger partial charge in [-0.1, -0.05) is 26.7 Å². The third-order valence-electron chi connectivity index (χ3n) is 4.73. The molecule has 1 saturated carbocycles. The van der Waals surface area contributed by atoms with Crippen LogP contribution in [0.1, 0.15) is 46.0 Å². The van der Waals surface area contributed by atoms with E-state index in [4.69, 9.17) is 4.74 Å². The summed E-state index contributed by atoms with van der Waals surface area (Å²) in [6.07, 6.45) is 6.03. The third-order valence-corrected chi connectivity index (χ3v) is 4.73. The first-order chi connectivity index (χ1) is 8.18. The summed E-state index contributed by atoms with van der Waals surface area (Å²) in [5, 5.41) is 13.1. The SMILES string of the molecule is CC1CCCC(C#N)(NCC2CCCO2)C1C. The van der Waals surface area contributed by atoms with Crippen molar-refractivity contribution in [3.05, 3.63) is 0 Å². The van der Waals surface area contributed by atoms with Crippen LogP contribution in [0.25, 0.3) is 0 Å². The first-order valence-electron chi connectivity index (χ1n) is 6.96. The second kappa shape index (κ2) is 5.37. The molecule has 1 N–H and O–H groups in total. The van der Waals surface area contributed by atoms with Crippen LogP contribution in [0.3, 0.4) is 0 Å². The van der Waals surface area contributed by atoms with Crippen LogP contribution in [0.2, 0.25) is 0 Å². The molecule has 2 rings (SSSR count). The number of hydrogen-bond acceptors (Lipinski definition) is 3. The zero-order valence-corrected chi connectivity index (χ0v) is 11.0. The third kappa shape index (κ3) is 2.64. The van der Waals surface area contributed by atoms with Gasteiger partial charge in [-0.2, -0.15) is 5.26 Å². The highest BCUT2D eigenvalue weighted by Crippen LogP contribution is 2.37. The molecule has 2 aliphatic rings. The maximum atomic E-state index is 9.55. The summed E-state index contributed by atoms with van der Waals surface area (Å²) in [4.78, 5) is 0. The van der Waals surface area contributed by atoms with Crippen LogP contribution in [0, 0.1) is 23.2 Å². The average Bonchev–Trinajstić information content (AvgIpc) is 2.85. The van der Waals surface area contributed by atoms with E-state index >= 15 is 0 Å². The molecule has 2 fully saturated rings. The number of rotatable bonds is 3. The minimum atomic E-state index is -0.316. The fraction of sp³-hybridized carbons (Fsp3) is 0.929. The van der Waals surface area contributed by atoms with Gasteiger partial charge in [-0.25, -0.2) is 0 Å². The van der Waals surface area contributed by atoms with Crippen LogP contribution in [-0.4, -0.2) is 24.8 Å². The van der Waals surface area contributed by atoms with Crippen LogP contribution in [0.4, 0.5) is 0 Å². The van der Waals surface area contributed by atoms with Gasteiger partial charge in [-0.05, 0) is 31.1 Å². The van der Waals surface area contributed by atoms with Crippen LogP contribution >= 0.6 is 0 Å². The average molecular weight is 236 g/mol. The zero-order valence-electron chi connectivity index (χ0n) is 11.0. The normalized spacial score (nSPS) is 42.3. The molecule has 3 nitrogen and oxygen atoms in total. The first kappa shape index (κ1) is 12.9. The molecule has 0 amide bonds. The van der Waals surface area contributed by atoms with Gasteiger partial charge in [0.05, 0.1) is 12.2 Å². The maximum Gasteiger partial charge on any atom is 0.109 e. The lowest BCUT2D eigenvalue weighted by Crippen LogP contribution is -2.55. The first-order valence-corrected chi connectivity index (χ1v) is 6.96. The molecular formula is C14H24N2O. The van der Waals surface area contributed by atoms with Gasteiger partial charge in [0.1, 0.15) is 5.54 Å². The molecule has 1 saturated heterocycles. The number of nitrogens with zero attached hydrogens (tertiary/aromatic N) is 1. The van der Waals surface area contributed by atoms with E-state index < -0.39 is 0 Å². The molecule has 0 aromatic heterocycles. The summed E-state index contributed by atoms with van der Waals surface area (Å²) in [5.74, 6) is 1.07. The molecule has 1 aliphatic carbocycles. The van der Waals surface area contributed by atoms with E-state index in [0.717, 1.165) is 38.8 Å². The number of nitrogens with one attached hydrogen (secondary N) is 1. The summed E-state index contributed by atoms with van der Waals surface area (Å²) < 4.78 is 5.62. The molecule has 96 valence electrons. The Labute approximate surface area is 105 Å². The van der Waals surface area contributed by atoms with Crippen molar-refractivity contribution in [2.45, 2.75) is 57.6 Å². The molecule has 4 atom stereocenters. The number of nitriles is 1. The van der Waals surface area contributed by atoms with E-state index in [1.165, 1.54) is 6.42 Å².